The van der Waals surface area contributed by atoms with Crippen LogP contribution in [0.5, 0.6) is 0 Å². The molecule has 0 aromatic carbocycles. The minimum absolute atomic E-state index is 0.741. The van der Waals surface area contributed by atoms with E-state index in [0.717, 1.165) is 40.1 Å². The molecule has 0 aliphatic heterocycles. The van der Waals surface area contributed by atoms with Gasteiger partial charge in [-0.15, -0.1) is 0 Å². The number of fused-ring (bicyclic) bond motifs is 1. The summed E-state index contributed by atoms with van der Waals surface area (Å²) in [6.45, 7) is 4.11. The van der Waals surface area contributed by atoms with Crippen molar-refractivity contribution >= 4 is 12.2 Å². The standard InChI is InChI=1S/C15H17N3S/c1-9-7-10(2)13(16-8-9)14-17-12-6-4-3-5-11(12)15(19)18-14/h7-8H,3-6H2,1-2H3,(H,17,18,19). The van der Waals surface area contributed by atoms with Gasteiger partial charge in [0, 0.05) is 17.5 Å². The van der Waals surface area contributed by atoms with E-state index >= 15 is 0 Å². The van der Waals surface area contributed by atoms with Gasteiger partial charge in [0.1, 0.15) is 10.3 Å². The highest BCUT2D eigenvalue weighted by molar-refractivity contribution is 7.71. The Kier molecular flexibility index (Phi) is 3.19. The van der Waals surface area contributed by atoms with Crippen LogP contribution in [-0.2, 0) is 12.8 Å². The van der Waals surface area contributed by atoms with E-state index in [-0.39, 0.29) is 0 Å². The van der Waals surface area contributed by atoms with E-state index in [2.05, 4.69) is 27.9 Å². The van der Waals surface area contributed by atoms with Crippen molar-refractivity contribution in [3.8, 4) is 11.5 Å². The lowest BCUT2D eigenvalue weighted by Crippen LogP contribution is -2.09. The van der Waals surface area contributed by atoms with Crippen LogP contribution in [-0.4, -0.2) is 15.0 Å². The van der Waals surface area contributed by atoms with Crippen LogP contribution < -0.4 is 0 Å². The summed E-state index contributed by atoms with van der Waals surface area (Å²) in [5.41, 5.74) is 5.69. The van der Waals surface area contributed by atoms with Crippen LogP contribution in [0.15, 0.2) is 12.3 Å². The minimum Gasteiger partial charge on any atom is -0.342 e. The van der Waals surface area contributed by atoms with Crippen molar-refractivity contribution in [2.45, 2.75) is 39.5 Å². The Balaban J connectivity index is 2.15. The summed E-state index contributed by atoms with van der Waals surface area (Å²) in [6.07, 6.45) is 6.44. The number of H-pyrrole nitrogens is 1. The molecule has 0 bridgehead atoms. The number of hydrogen-bond donors (Lipinski definition) is 1. The third kappa shape index (κ3) is 2.32. The molecule has 19 heavy (non-hydrogen) atoms. The molecule has 2 aromatic rings. The maximum absolute atomic E-state index is 5.44. The lowest BCUT2D eigenvalue weighted by atomic mass is 9.97. The highest BCUT2D eigenvalue weighted by Gasteiger charge is 2.15. The van der Waals surface area contributed by atoms with Gasteiger partial charge in [0.25, 0.3) is 0 Å². The Morgan fingerprint density at radius 1 is 1.21 bits per heavy atom. The smallest absolute Gasteiger partial charge is 0.158 e. The molecule has 0 radical (unpaired) electrons. The Bertz CT molecular complexity index is 688. The number of rotatable bonds is 1. The molecule has 3 rings (SSSR count). The lowest BCUT2D eigenvalue weighted by molar-refractivity contribution is 0.661. The summed E-state index contributed by atoms with van der Waals surface area (Å²) in [6, 6.07) is 2.13. The van der Waals surface area contributed by atoms with Gasteiger partial charge in [-0.05, 0) is 50.7 Å². The molecule has 1 N–H and O–H groups in total. The summed E-state index contributed by atoms with van der Waals surface area (Å²) < 4.78 is 0.741. The fourth-order valence-electron chi connectivity index (χ4n) is 2.69. The van der Waals surface area contributed by atoms with E-state index in [4.69, 9.17) is 12.2 Å². The zero-order chi connectivity index (χ0) is 13.4. The van der Waals surface area contributed by atoms with E-state index in [1.165, 1.54) is 24.1 Å². The van der Waals surface area contributed by atoms with E-state index in [0.29, 0.717) is 0 Å². The van der Waals surface area contributed by atoms with Crippen LogP contribution >= 0.6 is 12.2 Å². The van der Waals surface area contributed by atoms with E-state index < -0.39 is 0 Å². The van der Waals surface area contributed by atoms with Gasteiger partial charge in [0.15, 0.2) is 5.82 Å². The molecule has 3 nitrogen and oxygen atoms in total. The zero-order valence-corrected chi connectivity index (χ0v) is 12.1. The molecule has 2 heterocycles. The fourth-order valence-corrected chi connectivity index (χ4v) is 3.01. The minimum atomic E-state index is 0.741. The van der Waals surface area contributed by atoms with Crippen LogP contribution in [0.3, 0.4) is 0 Å². The van der Waals surface area contributed by atoms with Gasteiger partial charge >= 0.3 is 0 Å². The predicted octanol–water partition coefficient (Wildman–Crippen LogP) is 3.70. The second-order valence-electron chi connectivity index (χ2n) is 5.23. The topological polar surface area (TPSA) is 41.6 Å². The number of nitrogens with zero attached hydrogens (tertiary/aromatic N) is 2. The molecule has 0 amide bonds. The second kappa shape index (κ2) is 4.85. The normalized spacial score (nSPS) is 14.2. The number of hydrogen-bond acceptors (Lipinski definition) is 3. The van der Waals surface area contributed by atoms with Crippen molar-refractivity contribution in [2.24, 2.45) is 0 Å². The summed E-state index contributed by atoms with van der Waals surface area (Å²) in [7, 11) is 0. The number of aromatic nitrogens is 3. The first kappa shape index (κ1) is 12.5. The molecule has 0 spiro atoms. The SMILES string of the molecule is Cc1cnc(-c2nc(=S)c3c([nH]2)CCCC3)c(C)c1. The molecular formula is C15H17N3S. The molecule has 0 atom stereocenters. The van der Waals surface area contributed by atoms with Gasteiger partial charge in [0.05, 0.1) is 0 Å². The van der Waals surface area contributed by atoms with E-state index in [1.807, 2.05) is 13.1 Å². The lowest BCUT2D eigenvalue weighted by Gasteiger charge is -2.16. The average molecular weight is 271 g/mol. The van der Waals surface area contributed by atoms with Crippen molar-refractivity contribution in [1.82, 2.24) is 15.0 Å². The summed E-state index contributed by atoms with van der Waals surface area (Å²) in [5, 5.41) is 0. The quantitative estimate of drug-likeness (QED) is 0.804. The van der Waals surface area contributed by atoms with Gasteiger partial charge in [-0.2, -0.15) is 0 Å². The van der Waals surface area contributed by atoms with Crippen molar-refractivity contribution in [1.29, 1.82) is 0 Å². The van der Waals surface area contributed by atoms with E-state index in [9.17, 15) is 0 Å². The highest BCUT2D eigenvalue weighted by atomic mass is 32.1. The van der Waals surface area contributed by atoms with Crippen LogP contribution in [0.25, 0.3) is 11.5 Å². The Labute approximate surface area is 118 Å². The monoisotopic (exact) mass is 271 g/mol. The predicted molar refractivity (Wildman–Crippen MR) is 78.8 cm³/mol. The first-order valence-electron chi connectivity index (χ1n) is 6.71. The number of aryl methyl sites for hydroxylation is 3. The molecule has 2 aromatic heterocycles. The first-order chi connectivity index (χ1) is 9.15. The molecular weight excluding hydrogens is 254 g/mol. The van der Waals surface area contributed by atoms with Crippen molar-refractivity contribution < 1.29 is 0 Å². The average Bonchev–Trinajstić information content (AvgIpc) is 2.38. The molecule has 0 fully saturated rings. The molecule has 4 heteroatoms. The summed E-state index contributed by atoms with van der Waals surface area (Å²) >= 11 is 5.44. The molecule has 0 saturated carbocycles. The second-order valence-corrected chi connectivity index (χ2v) is 5.62. The fraction of sp³-hybridized carbons (Fsp3) is 0.400. The summed E-state index contributed by atoms with van der Waals surface area (Å²) in [4.78, 5) is 12.5. The van der Waals surface area contributed by atoms with Crippen molar-refractivity contribution in [3.05, 3.63) is 39.3 Å². The number of aromatic amines is 1. The zero-order valence-electron chi connectivity index (χ0n) is 11.3. The maximum atomic E-state index is 5.44. The third-order valence-electron chi connectivity index (χ3n) is 3.65. The number of nitrogens with one attached hydrogen (secondary N) is 1. The van der Waals surface area contributed by atoms with E-state index in [1.54, 1.807) is 0 Å². The van der Waals surface area contributed by atoms with Crippen LogP contribution in [0.4, 0.5) is 0 Å². The van der Waals surface area contributed by atoms with Crippen molar-refractivity contribution in [2.75, 3.05) is 0 Å². The van der Waals surface area contributed by atoms with Gasteiger partial charge in [-0.3, -0.25) is 4.98 Å². The Hall–Kier alpha value is -1.55. The van der Waals surface area contributed by atoms with Gasteiger partial charge in [0.2, 0.25) is 0 Å². The molecule has 0 unspecified atom stereocenters. The maximum Gasteiger partial charge on any atom is 0.158 e. The highest BCUT2D eigenvalue weighted by Crippen LogP contribution is 2.24. The Morgan fingerprint density at radius 3 is 2.79 bits per heavy atom. The third-order valence-corrected chi connectivity index (χ3v) is 3.99. The number of pyridine rings is 1. The van der Waals surface area contributed by atoms with Gasteiger partial charge in [-0.1, -0.05) is 18.3 Å². The van der Waals surface area contributed by atoms with Crippen LogP contribution in [0, 0.1) is 18.5 Å². The van der Waals surface area contributed by atoms with Gasteiger partial charge < -0.3 is 4.98 Å². The Morgan fingerprint density at radius 2 is 2.00 bits per heavy atom. The molecule has 1 aliphatic carbocycles. The van der Waals surface area contributed by atoms with Crippen LogP contribution in [0.2, 0.25) is 0 Å². The molecule has 1 aliphatic rings. The largest absolute Gasteiger partial charge is 0.342 e. The van der Waals surface area contributed by atoms with Gasteiger partial charge in [-0.25, -0.2) is 4.98 Å². The molecule has 0 saturated heterocycles. The summed E-state index contributed by atoms with van der Waals surface area (Å²) in [5.74, 6) is 0.808. The molecule has 98 valence electrons. The van der Waals surface area contributed by atoms with Crippen LogP contribution in [0.1, 0.15) is 35.2 Å². The first-order valence-corrected chi connectivity index (χ1v) is 7.11. The van der Waals surface area contributed by atoms with Crippen molar-refractivity contribution in [3.63, 3.8) is 0 Å².